The van der Waals surface area contributed by atoms with Gasteiger partial charge in [-0.1, -0.05) is 23.7 Å². The molecule has 5 heteroatoms. The van der Waals surface area contributed by atoms with Crippen molar-refractivity contribution in [1.29, 1.82) is 0 Å². The molecule has 0 bridgehead atoms. The SMILES string of the molecule is Cc1cccc(N(C)S(=O)(=O)c2ccc(Cl)cc2)c1C. The van der Waals surface area contributed by atoms with Crippen molar-refractivity contribution in [2.24, 2.45) is 0 Å². The molecule has 0 fully saturated rings. The molecule has 0 N–H and O–H groups in total. The quantitative estimate of drug-likeness (QED) is 0.865. The van der Waals surface area contributed by atoms with Crippen molar-refractivity contribution in [2.75, 3.05) is 11.4 Å². The minimum atomic E-state index is -3.57. The molecule has 2 rings (SSSR count). The lowest BCUT2D eigenvalue weighted by atomic mass is 10.1. The molecule has 0 atom stereocenters. The lowest BCUT2D eigenvalue weighted by Crippen LogP contribution is -2.27. The molecule has 0 aliphatic heterocycles. The van der Waals surface area contributed by atoms with Crippen molar-refractivity contribution in [2.45, 2.75) is 18.7 Å². The van der Waals surface area contributed by atoms with E-state index >= 15 is 0 Å². The number of halogens is 1. The summed E-state index contributed by atoms with van der Waals surface area (Å²) >= 11 is 5.80. The van der Waals surface area contributed by atoms with Crippen molar-refractivity contribution >= 4 is 27.3 Å². The highest BCUT2D eigenvalue weighted by atomic mass is 35.5. The van der Waals surface area contributed by atoms with Crippen LogP contribution < -0.4 is 4.31 Å². The van der Waals surface area contributed by atoms with Gasteiger partial charge in [-0.05, 0) is 55.3 Å². The lowest BCUT2D eigenvalue weighted by Gasteiger charge is -2.22. The number of hydrogen-bond donors (Lipinski definition) is 0. The fraction of sp³-hybridized carbons (Fsp3) is 0.200. The summed E-state index contributed by atoms with van der Waals surface area (Å²) in [5, 5.41) is 0.512. The molecule has 20 heavy (non-hydrogen) atoms. The highest BCUT2D eigenvalue weighted by Gasteiger charge is 2.22. The molecule has 0 spiro atoms. The topological polar surface area (TPSA) is 37.4 Å². The Bertz CT molecular complexity index is 724. The van der Waals surface area contributed by atoms with Crippen LogP contribution in [0.25, 0.3) is 0 Å². The summed E-state index contributed by atoms with van der Waals surface area (Å²) in [6.45, 7) is 3.88. The van der Waals surface area contributed by atoms with Gasteiger partial charge in [0.2, 0.25) is 0 Å². The average molecular weight is 310 g/mol. The van der Waals surface area contributed by atoms with Crippen LogP contribution in [0.1, 0.15) is 11.1 Å². The van der Waals surface area contributed by atoms with E-state index in [9.17, 15) is 8.42 Å². The van der Waals surface area contributed by atoms with Gasteiger partial charge >= 0.3 is 0 Å². The normalized spacial score (nSPS) is 11.4. The van der Waals surface area contributed by atoms with Gasteiger partial charge in [-0.3, -0.25) is 4.31 Å². The van der Waals surface area contributed by atoms with Gasteiger partial charge in [0.15, 0.2) is 0 Å². The van der Waals surface area contributed by atoms with E-state index in [0.29, 0.717) is 10.7 Å². The maximum Gasteiger partial charge on any atom is 0.264 e. The van der Waals surface area contributed by atoms with Crippen molar-refractivity contribution in [1.82, 2.24) is 0 Å². The van der Waals surface area contributed by atoms with E-state index < -0.39 is 10.0 Å². The predicted molar refractivity (Wildman–Crippen MR) is 83.0 cm³/mol. The van der Waals surface area contributed by atoms with Gasteiger partial charge in [0.05, 0.1) is 10.6 Å². The standard InChI is InChI=1S/C15H16ClNO2S/c1-11-5-4-6-15(12(11)2)17(3)20(18,19)14-9-7-13(16)8-10-14/h4-10H,1-3H3. The summed E-state index contributed by atoms with van der Waals surface area (Å²) in [6, 6.07) is 11.8. The largest absolute Gasteiger partial charge is 0.269 e. The lowest BCUT2D eigenvalue weighted by molar-refractivity contribution is 0.594. The third-order valence-electron chi connectivity index (χ3n) is 3.39. The first-order valence-electron chi connectivity index (χ1n) is 6.15. The van der Waals surface area contributed by atoms with Gasteiger partial charge in [-0.15, -0.1) is 0 Å². The van der Waals surface area contributed by atoms with E-state index in [2.05, 4.69) is 0 Å². The third-order valence-corrected chi connectivity index (χ3v) is 5.42. The van der Waals surface area contributed by atoms with Crippen LogP contribution in [0.4, 0.5) is 5.69 Å². The Morgan fingerprint density at radius 1 is 1.00 bits per heavy atom. The van der Waals surface area contributed by atoms with E-state index in [0.717, 1.165) is 11.1 Å². The molecule has 0 amide bonds. The van der Waals surface area contributed by atoms with Crippen molar-refractivity contribution < 1.29 is 8.42 Å². The Hall–Kier alpha value is -1.52. The van der Waals surface area contributed by atoms with Crippen LogP contribution in [-0.4, -0.2) is 15.5 Å². The number of aryl methyl sites for hydroxylation is 1. The van der Waals surface area contributed by atoms with Gasteiger partial charge in [0.25, 0.3) is 10.0 Å². The van der Waals surface area contributed by atoms with Crippen LogP contribution in [0, 0.1) is 13.8 Å². The molecule has 0 radical (unpaired) electrons. The second-order valence-corrected chi connectivity index (χ2v) is 7.05. The second kappa shape index (κ2) is 5.46. The monoisotopic (exact) mass is 309 g/mol. The summed E-state index contributed by atoms with van der Waals surface area (Å²) in [7, 11) is -2.01. The summed E-state index contributed by atoms with van der Waals surface area (Å²) < 4.78 is 26.5. The molecular weight excluding hydrogens is 294 g/mol. The summed E-state index contributed by atoms with van der Waals surface area (Å²) in [5.41, 5.74) is 2.69. The first-order valence-corrected chi connectivity index (χ1v) is 7.96. The molecule has 2 aromatic carbocycles. The van der Waals surface area contributed by atoms with Crippen LogP contribution in [0.5, 0.6) is 0 Å². The molecule has 0 unspecified atom stereocenters. The molecular formula is C15H16ClNO2S. The Morgan fingerprint density at radius 2 is 1.60 bits per heavy atom. The zero-order valence-electron chi connectivity index (χ0n) is 11.6. The van der Waals surface area contributed by atoms with E-state index in [1.807, 2.05) is 26.0 Å². The second-order valence-electron chi connectivity index (χ2n) is 4.65. The number of anilines is 1. The van der Waals surface area contributed by atoms with Crippen molar-refractivity contribution in [3.8, 4) is 0 Å². The number of sulfonamides is 1. The van der Waals surface area contributed by atoms with E-state index in [-0.39, 0.29) is 4.90 Å². The van der Waals surface area contributed by atoms with Crippen LogP contribution in [-0.2, 0) is 10.0 Å². The minimum Gasteiger partial charge on any atom is -0.269 e. The predicted octanol–water partition coefficient (Wildman–Crippen LogP) is 3.78. The zero-order valence-corrected chi connectivity index (χ0v) is 13.2. The number of benzene rings is 2. The molecule has 0 aliphatic carbocycles. The molecule has 3 nitrogen and oxygen atoms in total. The fourth-order valence-corrected chi connectivity index (χ4v) is 3.35. The van der Waals surface area contributed by atoms with Gasteiger partial charge < -0.3 is 0 Å². The third kappa shape index (κ3) is 2.67. The molecule has 0 aromatic heterocycles. The molecule has 0 aliphatic rings. The van der Waals surface area contributed by atoms with E-state index in [1.165, 1.54) is 16.4 Å². The van der Waals surface area contributed by atoms with Crippen LogP contribution in [0.3, 0.4) is 0 Å². The maximum atomic E-state index is 12.6. The van der Waals surface area contributed by atoms with Crippen molar-refractivity contribution in [3.63, 3.8) is 0 Å². The summed E-state index contributed by atoms with van der Waals surface area (Å²) in [6.07, 6.45) is 0. The van der Waals surface area contributed by atoms with Crippen molar-refractivity contribution in [3.05, 3.63) is 58.6 Å². The Kier molecular flexibility index (Phi) is 4.06. The van der Waals surface area contributed by atoms with Crippen LogP contribution >= 0.6 is 11.6 Å². The Balaban J connectivity index is 2.49. The highest BCUT2D eigenvalue weighted by Crippen LogP contribution is 2.27. The van der Waals surface area contributed by atoms with E-state index in [4.69, 9.17) is 11.6 Å². The van der Waals surface area contributed by atoms with Crippen LogP contribution in [0.2, 0.25) is 5.02 Å². The van der Waals surface area contributed by atoms with Gasteiger partial charge in [0.1, 0.15) is 0 Å². The first kappa shape index (κ1) is 14.9. The summed E-state index contributed by atoms with van der Waals surface area (Å²) in [5.74, 6) is 0. The summed E-state index contributed by atoms with van der Waals surface area (Å²) in [4.78, 5) is 0.227. The molecule has 2 aromatic rings. The van der Waals surface area contributed by atoms with Gasteiger partial charge in [-0.25, -0.2) is 8.42 Å². The number of hydrogen-bond acceptors (Lipinski definition) is 2. The number of rotatable bonds is 3. The zero-order chi connectivity index (χ0) is 14.9. The van der Waals surface area contributed by atoms with Crippen LogP contribution in [0.15, 0.2) is 47.4 Å². The maximum absolute atomic E-state index is 12.6. The molecule has 0 saturated heterocycles. The Morgan fingerprint density at radius 3 is 2.20 bits per heavy atom. The highest BCUT2D eigenvalue weighted by molar-refractivity contribution is 7.92. The number of nitrogens with zero attached hydrogens (tertiary/aromatic N) is 1. The minimum absolute atomic E-state index is 0.227. The first-order chi connectivity index (χ1) is 9.34. The fourth-order valence-electron chi connectivity index (χ4n) is 1.97. The Labute approximate surface area is 124 Å². The van der Waals surface area contributed by atoms with E-state index in [1.54, 1.807) is 25.2 Å². The van der Waals surface area contributed by atoms with Gasteiger partial charge in [-0.2, -0.15) is 0 Å². The van der Waals surface area contributed by atoms with Gasteiger partial charge in [0, 0.05) is 12.1 Å². The smallest absolute Gasteiger partial charge is 0.264 e. The molecule has 0 saturated carbocycles. The molecule has 106 valence electrons. The molecule has 0 heterocycles. The average Bonchev–Trinajstić information content (AvgIpc) is 2.41.